The summed E-state index contributed by atoms with van der Waals surface area (Å²) < 4.78 is 5.28. The van der Waals surface area contributed by atoms with Gasteiger partial charge in [-0.3, -0.25) is 4.79 Å². The molecule has 2 atom stereocenters. The van der Waals surface area contributed by atoms with E-state index in [1.165, 1.54) is 11.1 Å². The van der Waals surface area contributed by atoms with Gasteiger partial charge >= 0.3 is 5.97 Å². The second kappa shape index (κ2) is 7.30. The average molecular weight is 323 g/mol. The van der Waals surface area contributed by atoms with Gasteiger partial charge in [0.25, 0.3) is 5.91 Å². The highest BCUT2D eigenvalue weighted by Gasteiger charge is 2.25. The van der Waals surface area contributed by atoms with Crippen LogP contribution in [0, 0.1) is 0 Å². The molecule has 1 N–H and O–H groups in total. The number of esters is 1. The molecule has 1 aliphatic carbocycles. The van der Waals surface area contributed by atoms with Gasteiger partial charge in [0, 0.05) is 0 Å². The first-order valence-electron chi connectivity index (χ1n) is 8.29. The third kappa shape index (κ3) is 3.65. The molecule has 0 radical (unpaired) electrons. The Morgan fingerprint density at radius 2 is 1.79 bits per heavy atom. The molecule has 3 rings (SSSR count). The number of rotatable bonds is 4. The zero-order valence-corrected chi connectivity index (χ0v) is 13.7. The Bertz CT molecular complexity index is 727. The second-order valence-electron chi connectivity index (χ2n) is 6.07. The molecule has 4 nitrogen and oxygen atoms in total. The summed E-state index contributed by atoms with van der Waals surface area (Å²) in [4.78, 5) is 24.4. The minimum atomic E-state index is -0.827. The molecule has 24 heavy (non-hydrogen) atoms. The maximum Gasteiger partial charge on any atom is 0.338 e. The average Bonchev–Trinajstić information content (AvgIpc) is 2.62. The smallest absolute Gasteiger partial charge is 0.338 e. The van der Waals surface area contributed by atoms with Gasteiger partial charge in [0.2, 0.25) is 0 Å². The normalized spacial score (nSPS) is 17.5. The van der Waals surface area contributed by atoms with Crippen LogP contribution in [0.25, 0.3) is 0 Å². The number of benzene rings is 2. The van der Waals surface area contributed by atoms with Crippen molar-refractivity contribution in [3.8, 4) is 0 Å². The molecule has 0 aliphatic heterocycles. The number of carbonyl (C=O) groups is 2. The highest BCUT2D eigenvalue weighted by atomic mass is 16.5. The maximum atomic E-state index is 12.4. The Kier molecular flexibility index (Phi) is 4.94. The number of hydrogen-bond donors (Lipinski definition) is 1. The monoisotopic (exact) mass is 323 g/mol. The molecule has 2 aromatic rings. The number of fused-ring (bicyclic) bond motifs is 1. The summed E-state index contributed by atoms with van der Waals surface area (Å²) in [5.74, 6) is -0.747. The SMILES string of the molecule is C[C@@H](OC(=O)c1ccccc1)C(=O)N[C@H]1CCCc2ccccc21. The number of aryl methyl sites for hydroxylation is 1. The van der Waals surface area contributed by atoms with Crippen LogP contribution in [0.3, 0.4) is 0 Å². The summed E-state index contributed by atoms with van der Waals surface area (Å²) >= 11 is 0. The van der Waals surface area contributed by atoms with E-state index in [1.54, 1.807) is 31.2 Å². The van der Waals surface area contributed by atoms with Crippen LogP contribution in [0.2, 0.25) is 0 Å². The van der Waals surface area contributed by atoms with Gasteiger partial charge in [0.15, 0.2) is 6.10 Å². The number of ether oxygens (including phenoxy) is 1. The van der Waals surface area contributed by atoms with Crippen molar-refractivity contribution >= 4 is 11.9 Å². The topological polar surface area (TPSA) is 55.4 Å². The van der Waals surface area contributed by atoms with Crippen LogP contribution in [-0.2, 0) is 16.0 Å². The lowest BCUT2D eigenvalue weighted by atomic mass is 9.87. The van der Waals surface area contributed by atoms with E-state index in [-0.39, 0.29) is 11.9 Å². The molecule has 124 valence electrons. The molecule has 0 spiro atoms. The Balaban J connectivity index is 1.62. The van der Waals surface area contributed by atoms with Crippen LogP contribution in [0.1, 0.15) is 47.3 Å². The molecule has 0 aromatic heterocycles. The zero-order valence-electron chi connectivity index (χ0n) is 13.7. The fraction of sp³-hybridized carbons (Fsp3) is 0.300. The highest BCUT2D eigenvalue weighted by Crippen LogP contribution is 2.29. The Labute approximate surface area is 141 Å². The van der Waals surface area contributed by atoms with Crippen LogP contribution in [0.5, 0.6) is 0 Å². The van der Waals surface area contributed by atoms with E-state index in [4.69, 9.17) is 4.74 Å². The third-order valence-electron chi connectivity index (χ3n) is 4.35. The van der Waals surface area contributed by atoms with E-state index < -0.39 is 12.1 Å². The van der Waals surface area contributed by atoms with E-state index in [0.29, 0.717) is 5.56 Å². The zero-order chi connectivity index (χ0) is 16.9. The molecule has 0 bridgehead atoms. The Hall–Kier alpha value is -2.62. The predicted octanol–water partition coefficient (Wildman–Crippen LogP) is 3.43. The number of carbonyl (C=O) groups excluding carboxylic acids is 2. The molecular weight excluding hydrogens is 302 g/mol. The van der Waals surface area contributed by atoms with Gasteiger partial charge in [-0.1, -0.05) is 42.5 Å². The summed E-state index contributed by atoms with van der Waals surface area (Å²) in [7, 11) is 0. The maximum absolute atomic E-state index is 12.4. The number of hydrogen-bond acceptors (Lipinski definition) is 3. The van der Waals surface area contributed by atoms with Gasteiger partial charge in [-0.25, -0.2) is 4.79 Å². The molecule has 0 saturated carbocycles. The number of nitrogens with one attached hydrogen (secondary N) is 1. The fourth-order valence-electron chi connectivity index (χ4n) is 3.05. The van der Waals surface area contributed by atoms with Gasteiger partial charge in [-0.05, 0) is 49.4 Å². The lowest BCUT2D eigenvalue weighted by molar-refractivity contribution is -0.130. The minimum absolute atomic E-state index is 0.0136. The summed E-state index contributed by atoms with van der Waals surface area (Å²) in [6, 6.07) is 16.9. The Morgan fingerprint density at radius 3 is 2.58 bits per heavy atom. The van der Waals surface area contributed by atoms with Gasteiger partial charge in [-0.15, -0.1) is 0 Å². The quantitative estimate of drug-likeness (QED) is 0.877. The van der Waals surface area contributed by atoms with E-state index in [0.717, 1.165) is 19.3 Å². The first kappa shape index (κ1) is 16.2. The molecule has 4 heteroatoms. The van der Waals surface area contributed by atoms with Crippen LogP contribution in [0.15, 0.2) is 54.6 Å². The first-order valence-corrected chi connectivity index (χ1v) is 8.29. The number of amides is 1. The standard InChI is InChI=1S/C20H21NO3/c1-14(24-20(23)16-9-3-2-4-10-16)19(22)21-18-13-7-11-15-8-5-6-12-17(15)18/h2-6,8-10,12,14,18H,7,11,13H2,1H3,(H,21,22)/t14-,18+/m1/s1. The molecule has 2 aromatic carbocycles. The predicted molar refractivity (Wildman–Crippen MR) is 91.6 cm³/mol. The van der Waals surface area contributed by atoms with Gasteiger partial charge in [-0.2, -0.15) is 0 Å². The summed E-state index contributed by atoms with van der Waals surface area (Å²) in [5, 5.41) is 3.02. The van der Waals surface area contributed by atoms with Crippen molar-refractivity contribution in [1.29, 1.82) is 0 Å². The summed E-state index contributed by atoms with van der Waals surface area (Å²) in [5.41, 5.74) is 2.89. The summed E-state index contributed by atoms with van der Waals surface area (Å²) in [6.07, 6.45) is 2.16. The van der Waals surface area contributed by atoms with Crippen molar-refractivity contribution in [3.05, 3.63) is 71.3 Å². The van der Waals surface area contributed by atoms with Crippen LogP contribution >= 0.6 is 0 Å². The Morgan fingerprint density at radius 1 is 1.08 bits per heavy atom. The van der Waals surface area contributed by atoms with Crippen LogP contribution in [0.4, 0.5) is 0 Å². The summed E-state index contributed by atoms with van der Waals surface area (Å²) in [6.45, 7) is 1.60. The third-order valence-corrected chi connectivity index (χ3v) is 4.35. The molecule has 1 aliphatic rings. The van der Waals surface area contributed by atoms with E-state index in [9.17, 15) is 9.59 Å². The fourth-order valence-corrected chi connectivity index (χ4v) is 3.05. The van der Waals surface area contributed by atoms with E-state index in [2.05, 4.69) is 17.4 Å². The van der Waals surface area contributed by atoms with Crippen LogP contribution in [-0.4, -0.2) is 18.0 Å². The first-order chi connectivity index (χ1) is 11.6. The van der Waals surface area contributed by atoms with Crippen molar-refractivity contribution in [2.24, 2.45) is 0 Å². The molecule has 0 heterocycles. The minimum Gasteiger partial charge on any atom is -0.449 e. The van der Waals surface area contributed by atoms with Crippen molar-refractivity contribution in [2.75, 3.05) is 0 Å². The van der Waals surface area contributed by atoms with E-state index >= 15 is 0 Å². The van der Waals surface area contributed by atoms with Crippen molar-refractivity contribution in [2.45, 2.75) is 38.3 Å². The van der Waals surface area contributed by atoms with Crippen molar-refractivity contribution in [3.63, 3.8) is 0 Å². The lowest BCUT2D eigenvalue weighted by Crippen LogP contribution is -2.39. The molecule has 1 amide bonds. The van der Waals surface area contributed by atoms with Gasteiger partial charge < -0.3 is 10.1 Å². The van der Waals surface area contributed by atoms with Crippen LogP contribution < -0.4 is 5.32 Å². The van der Waals surface area contributed by atoms with Gasteiger partial charge in [0.05, 0.1) is 11.6 Å². The lowest BCUT2D eigenvalue weighted by Gasteiger charge is -2.27. The van der Waals surface area contributed by atoms with Crippen molar-refractivity contribution < 1.29 is 14.3 Å². The van der Waals surface area contributed by atoms with Gasteiger partial charge in [0.1, 0.15) is 0 Å². The second-order valence-corrected chi connectivity index (χ2v) is 6.07. The van der Waals surface area contributed by atoms with E-state index in [1.807, 2.05) is 18.2 Å². The van der Waals surface area contributed by atoms with Crippen molar-refractivity contribution in [1.82, 2.24) is 5.32 Å². The molecule has 0 unspecified atom stereocenters. The largest absolute Gasteiger partial charge is 0.449 e. The highest BCUT2D eigenvalue weighted by molar-refractivity contribution is 5.92. The molecule has 0 fully saturated rings. The molecular formula is C20H21NO3. The molecule has 0 saturated heterocycles.